The Bertz CT molecular complexity index is 807. The molecule has 138 valence electrons. The van der Waals surface area contributed by atoms with Gasteiger partial charge in [0.1, 0.15) is 0 Å². The lowest BCUT2D eigenvalue weighted by Crippen LogP contribution is -2.36. The zero-order valence-corrected chi connectivity index (χ0v) is 17.1. The van der Waals surface area contributed by atoms with Crippen molar-refractivity contribution in [3.63, 3.8) is 0 Å². The summed E-state index contributed by atoms with van der Waals surface area (Å²) in [5, 5.41) is 3.98. The monoisotopic (exact) mass is 410 g/mol. The van der Waals surface area contributed by atoms with Crippen molar-refractivity contribution >= 4 is 52.5 Å². The summed E-state index contributed by atoms with van der Waals surface area (Å²) in [6.07, 6.45) is 0. The summed E-state index contributed by atoms with van der Waals surface area (Å²) in [5.41, 5.74) is 2.76. The van der Waals surface area contributed by atoms with Crippen LogP contribution in [-0.4, -0.2) is 36.1 Å². The van der Waals surface area contributed by atoms with Crippen LogP contribution in [0.15, 0.2) is 41.3 Å². The number of likely N-dealkylation sites (N-methyl/N-ethyl adjacent to an activating group) is 1. The molecule has 0 aromatic heterocycles. The van der Waals surface area contributed by atoms with Crippen LogP contribution < -0.4 is 5.32 Å². The van der Waals surface area contributed by atoms with Crippen molar-refractivity contribution in [2.75, 3.05) is 24.7 Å². The fourth-order valence-corrected chi connectivity index (χ4v) is 3.77. The molecule has 26 heavy (non-hydrogen) atoms. The van der Waals surface area contributed by atoms with E-state index in [1.165, 1.54) is 16.7 Å². The molecular formula is C19H20Cl2N2O2S. The van der Waals surface area contributed by atoms with E-state index >= 15 is 0 Å². The molecule has 0 saturated heterocycles. The minimum Gasteiger partial charge on any atom is -0.336 e. The van der Waals surface area contributed by atoms with Gasteiger partial charge >= 0.3 is 0 Å². The van der Waals surface area contributed by atoms with Gasteiger partial charge in [-0.25, -0.2) is 0 Å². The summed E-state index contributed by atoms with van der Waals surface area (Å²) in [4.78, 5) is 26.7. The number of nitrogens with zero attached hydrogens (tertiary/aromatic N) is 1. The average molecular weight is 411 g/mol. The van der Waals surface area contributed by atoms with E-state index in [-0.39, 0.29) is 24.1 Å². The number of amides is 2. The summed E-state index contributed by atoms with van der Waals surface area (Å²) in [5.74, 6) is -0.223. The quantitative estimate of drug-likeness (QED) is 0.695. The number of anilines is 1. The van der Waals surface area contributed by atoms with E-state index in [1.54, 1.807) is 25.2 Å². The van der Waals surface area contributed by atoms with Crippen molar-refractivity contribution in [3.05, 3.63) is 57.6 Å². The first-order chi connectivity index (χ1) is 12.3. The van der Waals surface area contributed by atoms with E-state index in [0.29, 0.717) is 10.0 Å². The van der Waals surface area contributed by atoms with Gasteiger partial charge in [-0.3, -0.25) is 9.59 Å². The van der Waals surface area contributed by atoms with Crippen LogP contribution in [0, 0.1) is 13.8 Å². The lowest BCUT2D eigenvalue weighted by Gasteiger charge is -2.18. The van der Waals surface area contributed by atoms with Crippen LogP contribution in [0.3, 0.4) is 0 Å². The molecule has 1 N–H and O–H groups in total. The smallest absolute Gasteiger partial charge is 0.243 e. The van der Waals surface area contributed by atoms with Crippen molar-refractivity contribution in [2.45, 2.75) is 18.7 Å². The van der Waals surface area contributed by atoms with E-state index in [2.05, 4.69) is 5.32 Å². The third kappa shape index (κ3) is 5.66. The SMILES string of the molecule is Cc1cccc(C)c1NC(=O)CN(C)C(=O)CSc1cc(Cl)ccc1Cl. The highest BCUT2D eigenvalue weighted by Crippen LogP contribution is 2.29. The Morgan fingerprint density at radius 2 is 1.77 bits per heavy atom. The summed E-state index contributed by atoms with van der Waals surface area (Å²) in [6, 6.07) is 10.9. The molecular weight excluding hydrogens is 391 g/mol. The van der Waals surface area contributed by atoms with Crippen molar-refractivity contribution in [1.29, 1.82) is 0 Å². The molecule has 0 radical (unpaired) electrons. The van der Waals surface area contributed by atoms with Crippen LogP contribution in [0.4, 0.5) is 5.69 Å². The van der Waals surface area contributed by atoms with E-state index in [1.807, 2.05) is 32.0 Å². The van der Waals surface area contributed by atoms with E-state index in [4.69, 9.17) is 23.2 Å². The van der Waals surface area contributed by atoms with E-state index in [9.17, 15) is 9.59 Å². The highest BCUT2D eigenvalue weighted by Gasteiger charge is 2.15. The molecule has 0 unspecified atom stereocenters. The Morgan fingerprint density at radius 3 is 2.42 bits per heavy atom. The van der Waals surface area contributed by atoms with Crippen LogP contribution in [0.25, 0.3) is 0 Å². The molecule has 0 bridgehead atoms. The van der Waals surface area contributed by atoms with Crippen LogP contribution in [0.2, 0.25) is 10.0 Å². The summed E-state index contributed by atoms with van der Waals surface area (Å²) in [6.45, 7) is 3.85. The van der Waals surface area contributed by atoms with Crippen LogP contribution >= 0.6 is 35.0 Å². The zero-order valence-electron chi connectivity index (χ0n) is 14.8. The second kappa shape index (κ2) is 9.31. The second-order valence-electron chi connectivity index (χ2n) is 5.93. The fourth-order valence-electron chi connectivity index (χ4n) is 2.33. The van der Waals surface area contributed by atoms with E-state index in [0.717, 1.165) is 21.7 Å². The normalized spacial score (nSPS) is 10.5. The number of rotatable bonds is 6. The molecule has 0 saturated carbocycles. The second-order valence-corrected chi connectivity index (χ2v) is 7.79. The maximum absolute atomic E-state index is 12.3. The molecule has 0 aliphatic heterocycles. The molecule has 2 aromatic carbocycles. The van der Waals surface area contributed by atoms with Gasteiger partial charge in [0.25, 0.3) is 0 Å². The Hall–Kier alpha value is -1.69. The first-order valence-electron chi connectivity index (χ1n) is 7.96. The lowest BCUT2D eigenvalue weighted by molar-refractivity contribution is -0.131. The molecule has 4 nitrogen and oxygen atoms in total. The third-order valence-electron chi connectivity index (χ3n) is 3.80. The van der Waals surface area contributed by atoms with Crippen molar-refractivity contribution in [3.8, 4) is 0 Å². The summed E-state index contributed by atoms with van der Waals surface area (Å²) in [7, 11) is 1.60. The fraction of sp³-hybridized carbons (Fsp3) is 0.263. The summed E-state index contributed by atoms with van der Waals surface area (Å²) < 4.78 is 0. The molecule has 0 atom stereocenters. The van der Waals surface area contributed by atoms with Crippen LogP contribution in [0.5, 0.6) is 0 Å². The minimum atomic E-state index is -0.232. The first kappa shape index (κ1) is 20.6. The predicted molar refractivity (Wildman–Crippen MR) is 109 cm³/mol. The molecule has 2 amide bonds. The number of para-hydroxylation sites is 1. The molecule has 0 fully saturated rings. The van der Waals surface area contributed by atoms with Gasteiger partial charge < -0.3 is 10.2 Å². The molecule has 2 rings (SSSR count). The zero-order chi connectivity index (χ0) is 19.3. The van der Waals surface area contributed by atoms with Gasteiger partial charge in [-0.2, -0.15) is 0 Å². The summed E-state index contributed by atoms with van der Waals surface area (Å²) >= 11 is 13.3. The standard InChI is InChI=1S/C19H20Cl2N2O2S/c1-12-5-4-6-13(2)19(12)22-17(24)10-23(3)18(25)11-26-16-9-14(20)7-8-15(16)21/h4-9H,10-11H2,1-3H3,(H,22,24). The number of halogens is 2. The molecule has 0 heterocycles. The maximum Gasteiger partial charge on any atom is 0.243 e. The molecule has 0 aliphatic rings. The number of carbonyl (C=O) groups excluding carboxylic acids is 2. The first-order valence-corrected chi connectivity index (χ1v) is 9.70. The van der Waals surface area contributed by atoms with Crippen molar-refractivity contribution < 1.29 is 9.59 Å². The van der Waals surface area contributed by atoms with Crippen LogP contribution in [0.1, 0.15) is 11.1 Å². The predicted octanol–water partition coefficient (Wildman–Crippen LogP) is 4.80. The highest BCUT2D eigenvalue weighted by atomic mass is 35.5. The van der Waals surface area contributed by atoms with E-state index < -0.39 is 0 Å². The number of thioether (sulfide) groups is 1. The number of aryl methyl sites for hydroxylation is 2. The third-order valence-corrected chi connectivity index (χ3v) is 5.51. The Balaban J connectivity index is 1.90. The van der Waals surface area contributed by atoms with Crippen molar-refractivity contribution in [2.24, 2.45) is 0 Å². The molecule has 0 spiro atoms. The van der Waals surface area contributed by atoms with Crippen molar-refractivity contribution in [1.82, 2.24) is 4.90 Å². The topological polar surface area (TPSA) is 49.4 Å². The highest BCUT2D eigenvalue weighted by molar-refractivity contribution is 8.00. The molecule has 7 heteroatoms. The minimum absolute atomic E-state index is 0.0174. The number of hydrogen-bond acceptors (Lipinski definition) is 3. The van der Waals surface area contributed by atoms with Gasteiger partial charge in [-0.05, 0) is 43.2 Å². The Morgan fingerprint density at radius 1 is 1.12 bits per heavy atom. The number of nitrogens with one attached hydrogen (secondary N) is 1. The lowest BCUT2D eigenvalue weighted by atomic mass is 10.1. The largest absolute Gasteiger partial charge is 0.336 e. The molecule has 0 aliphatic carbocycles. The number of hydrogen-bond donors (Lipinski definition) is 1. The van der Waals surface area contributed by atoms with Gasteiger partial charge in [0, 0.05) is 22.7 Å². The Kier molecular flexibility index (Phi) is 7.38. The van der Waals surface area contributed by atoms with Gasteiger partial charge in [0.2, 0.25) is 11.8 Å². The maximum atomic E-state index is 12.3. The van der Waals surface area contributed by atoms with Crippen LogP contribution in [-0.2, 0) is 9.59 Å². The molecule has 2 aromatic rings. The van der Waals surface area contributed by atoms with Gasteiger partial charge in [-0.15, -0.1) is 11.8 Å². The Labute approximate surface area is 167 Å². The van der Waals surface area contributed by atoms with Gasteiger partial charge in [0.15, 0.2) is 0 Å². The van der Waals surface area contributed by atoms with Gasteiger partial charge in [-0.1, -0.05) is 41.4 Å². The number of benzene rings is 2. The average Bonchev–Trinajstić information content (AvgIpc) is 2.58. The number of carbonyl (C=O) groups is 2. The van der Waals surface area contributed by atoms with Gasteiger partial charge in [0.05, 0.1) is 17.3 Å².